The zero-order valence-electron chi connectivity index (χ0n) is 27.8. The highest BCUT2D eigenvalue weighted by molar-refractivity contribution is 5.96. The number of alkyl carbamates (subject to hydrolysis) is 1. The minimum atomic E-state index is -1.21. The van der Waals surface area contributed by atoms with Crippen LogP contribution in [-0.2, 0) is 41.6 Å². The molecule has 4 amide bonds. The van der Waals surface area contributed by atoms with E-state index in [-0.39, 0.29) is 31.6 Å². The molecule has 260 valence electrons. The summed E-state index contributed by atoms with van der Waals surface area (Å²) in [6.07, 6.45) is 10.3. The molecule has 6 rings (SSSR count). The maximum absolute atomic E-state index is 14.3. The van der Waals surface area contributed by atoms with Gasteiger partial charge in [0.05, 0.1) is 13.2 Å². The molecule has 1 aromatic rings. The van der Waals surface area contributed by atoms with E-state index in [0.29, 0.717) is 38.8 Å². The summed E-state index contributed by atoms with van der Waals surface area (Å²) in [4.78, 5) is 70.9. The van der Waals surface area contributed by atoms with Gasteiger partial charge in [-0.15, -0.1) is 0 Å². The monoisotopic (exact) mass is 664 g/mol. The maximum atomic E-state index is 14.3. The lowest BCUT2D eigenvalue weighted by atomic mass is 10.0. The van der Waals surface area contributed by atoms with Gasteiger partial charge in [0.15, 0.2) is 0 Å². The SMILES string of the molecule is CCOC(=O)[C@@]12C[C@H]1C=CCCCCC[C@H](NC(=O)OC1CCCC1)C(=O)N1C[C@H](OC(=O)N3CCc4ccccc4C3)C[C@H]1C(=O)N2. The molecule has 0 aromatic heterocycles. The predicted molar refractivity (Wildman–Crippen MR) is 174 cm³/mol. The Morgan fingerprint density at radius 1 is 0.979 bits per heavy atom. The quantitative estimate of drug-likeness (QED) is 0.272. The van der Waals surface area contributed by atoms with Crippen molar-refractivity contribution in [3.05, 3.63) is 47.5 Å². The average Bonchev–Trinajstić information content (AvgIpc) is 3.36. The summed E-state index contributed by atoms with van der Waals surface area (Å²) in [6, 6.07) is 6.04. The first kappa shape index (κ1) is 33.8. The van der Waals surface area contributed by atoms with E-state index in [0.717, 1.165) is 50.5 Å². The van der Waals surface area contributed by atoms with Gasteiger partial charge in [-0.2, -0.15) is 0 Å². The minimum absolute atomic E-state index is 0.0152. The predicted octanol–water partition coefficient (Wildman–Crippen LogP) is 4.15. The molecule has 48 heavy (non-hydrogen) atoms. The maximum Gasteiger partial charge on any atom is 0.410 e. The van der Waals surface area contributed by atoms with E-state index in [9.17, 15) is 24.0 Å². The van der Waals surface area contributed by atoms with Crippen LogP contribution in [0.15, 0.2) is 36.4 Å². The summed E-state index contributed by atoms with van der Waals surface area (Å²) in [6.45, 7) is 2.79. The number of nitrogens with zero attached hydrogens (tertiary/aromatic N) is 2. The highest BCUT2D eigenvalue weighted by Gasteiger charge is 2.62. The van der Waals surface area contributed by atoms with E-state index in [4.69, 9.17) is 14.2 Å². The van der Waals surface area contributed by atoms with E-state index in [1.165, 1.54) is 10.5 Å². The van der Waals surface area contributed by atoms with E-state index < -0.39 is 53.7 Å². The van der Waals surface area contributed by atoms with Crippen molar-refractivity contribution in [3.63, 3.8) is 0 Å². The number of carbonyl (C=O) groups excluding carboxylic acids is 5. The highest BCUT2D eigenvalue weighted by atomic mass is 16.6. The molecule has 12 heteroatoms. The fourth-order valence-electron chi connectivity index (χ4n) is 7.60. The summed E-state index contributed by atoms with van der Waals surface area (Å²) in [5, 5.41) is 5.75. The fraction of sp³-hybridized carbons (Fsp3) is 0.639. The van der Waals surface area contributed by atoms with Crippen LogP contribution in [0, 0.1) is 5.92 Å². The number of esters is 1. The van der Waals surface area contributed by atoms with Crippen LogP contribution in [0.1, 0.15) is 88.7 Å². The third-order valence-corrected chi connectivity index (χ3v) is 10.4. The number of allylic oxidation sites excluding steroid dienone is 1. The topological polar surface area (TPSA) is 144 Å². The number of nitrogens with one attached hydrogen (secondary N) is 2. The van der Waals surface area contributed by atoms with Gasteiger partial charge >= 0.3 is 18.2 Å². The van der Waals surface area contributed by atoms with Gasteiger partial charge in [0.1, 0.15) is 29.8 Å². The molecule has 1 aromatic carbocycles. The Balaban J connectivity index is 1.22. The Morgan fingerprint density at radius 3 is 2.54 bits per heavy atom. The van der Waals surface area contributed by atoms with Crippen LogP contribution >= 0.6 is 0 Å². The first-order chi connectivity index (χ1) is 23.3. The molecular weight excluding hydrogens is 616 g/mol. The van der Waals surface area contributed by atoms with Crippen molar-refractivity contribution in [2.45, 2.75) is 120 Å². The van der Waals surface area contributed by atoms with Crippen molar-refractivity contribution in [2.75, 3.05) is 19.7 Å². The lowest BCUT2D eigenvalue weighted by molar-refractivity contribution is -0.150. The normalized spacial score (nSPS) is 29.4. The molecule has 3 heterocycles. The Bertz CT molecular complexity index is 1410. The molecule has 0 bridgehead atoms. The van der Waals surface area contributed by atoms with Gasteiger partial charge in [0, 0.05) is 25.4 Å². The highest BCUT2D eigenvalue weighted by Crippen LogP contribution is 2.46. The van der Waals surface area contributed by atoms with Crippen molar-refractivity contribution in [3.8, 4) is 0 Å². The van der Waals surface area contributed by atoms with Gasteiger partial charge in [-0.05, 0) is 75.8 Å². The zero-order chi connectivity index (χ0) is 33.7. The first-order valence-corrected chi connectivity index (χ1v) is 17.7. The summed E-state index contributed by atoms with van der Waals surface area (Å²) in [5.74, 6) is -1.67. The van der Waals surface area contributed by atoms with Gasteiger partial charge in [0.25, 0.3) is 0 Å². The summed E-state index contributed by atoms with van der Waals surface area (Å²) in [7, 11) is 0. The second kappa shape index (κ2) is 15.0. The number of ether oxygens (including phenoxy) is 3. The summed E-state index contributed by atoms with van der Waals surface area (Å²) >= 11 is 0. The zero-order valence-corrected chi connectivity index (χ0v) is 27.8. The molecule has 3 aliphatic heterocycles. The van der Waals surface area contributed by atoms with E-state index in [1.54, 1.807) is 11.8 Å². The van der Waals surface area contributed by atoms with Crippen molar-refractivity contribution in [2.24, 2.45) is 5.92 Å². The van der Waals surface area contributed by atoms with E-state index in [2.05, 4.69) is 16.7 Å². The number of hydrogen-bond donors (Lipinski definition) is 2. The van der Waals surface area contributed by atoms with E-state index in [1.807, 2.05) is 30.4 Å². The number of rotatable bonds is 5. The molecule has 5 atom stereocenters. The number of amides is 4. The Morgan fingerprint density at radius 2 is 1.75 bits per heavy atom. The Kier molecular flexibility index (Phi) is 10.6. The number of fused-ring (bicyclic) bond motifs is 3. The molecule has 5 aliphatic rings. The van der Waals surface area contributed by atoms with Crippen LogP contribution in [0.4, 0.5) is 9.59 Å². The third-order valence-electron chi connectivity index (χ3n) is 10.4. The molecule has 12 nitrogen and oxygen atoms in total. The summed E-state index contributed by atoms with van der Waals surface area (Å²) in [5.41, 5.74) is 1.05. The Labute approximate surface area is 281 Å². The van der Waals surface area contributed by atoms with Crippen LogP contribution in [-0.4, -0.2) is 89.3 Å². The van der Waals surface area contributed by atoms with Crippen LogP contribution in [0.25, 0.3) is 0 Å². The first-order valence-electron chi connectivity index (χ1n) is 17.7. The van der Waals surface area contributed by atoms with Crippen LogP contribution < -0.4 is 10.6 Å². The number of benzene rings is 1. The second-order valence-corrected chi connectivity index (χ2v) is 13.8. The van der Waals surface area contributed by atoms with Crippen molar-refractivity contribution in [1.29, 1.82) is 0 Å². The smallest absolute Gasteiger partial charge is 0.410 e. The molecule has 3 fully saturated rings. The largest absolute Gasteiger partial charge is 0.464 e. The van der Waals surface area contributed by atoms with Crippen LogP contribution in [0.5, 0.6) is 0 Å². The van der Waals surface area contributed by atoms with Gasteiger partial charge < -0.3 is 34.6 Å². The van der Waals surface area contributed by atoms with Gasteiger partial charge in [-0.3, -0.25) is 9.59 Å². The Hall–Kier alpha value is -4.09. The molecule has 2 saturated carbocycles. The fourth-order valence-corrected chi connectivity index (χ4v) is 7.60. The molecule has 2 N–H and O–H groups in total. The lowest BCUT2D eigenvalue weighted by Crippen LogP contribution is -2.56. The van der Waals surface area contributed by atoms with Gasteiger partial charge in [-0.25, -0.2) is 14.4 Å². The van der Waals surface area contributed by atoms with Crippen molar-refractivity contribution >= 4 is 30.0 Å². The molecule has 2 aliphatic carbocycles. The van der Waals surface area contributed by atoms with Gasteiger partial charge in [0.2, 0.25) is 11.8 Å². The molecule has 0 radical (unpaired) electrons. The lowest BCUT2D eigenvalue weighted by Gasteiger charge is -2.30. The second-order valence-electron chi connectivity index (χ2n) is 13.8. The average molecular weight is 665 g/mol. The number of carbonyl (C=O) groups is 5. The standard InChI is InChI=1S/C36H48N4O8/c1-2-46-33(43)36-21-26(36)14-6-4-3-5-7-17-29(37-34(44)47-27-15-10-11-16-27)32(42)40-23-28(20-30(40)31(41)38-36)48-35(45)39-19-18-24-12-8-9-13-25(24)22-39/h6,8-9,12-14,26-30H,2-5,7,10-11,15-23H2,1H3,(H,37,44)(H,38,41)/t26-,28-,29+,30+,36-/m1/s1. The van der Waals surface area contributed by atoms with Crippen LogP contribution in [0.3, 0.4) is 0 Å². The molecule has 1 saturated heterocycles. The molecule has 0 unspecified atom stereocenters. The van der Waals surface area contributed by atoms with E-state index >= 15 is 0 Å². The van der Waals surface area contributed by atoms with Crippen molar-refractivity contribution < 1.29 is 38.2 Å². The number of hydrogen-bond acceptors (Lipinski definition) is 8. The van der Waals surface area contributed by atoms with Gasteiger partial charge in [-0.1, -0.05) is 49.3 Å². The minimum Gasteiger partial charge on any atom is -0.464 e. The third kappa shape index (κ3) is 7.63. The summed E-state index contributed by atoms with van der Waals surface area (Å²) < 4.78 is 17.0. The van der Waals surface area contributed by atoms with Crippen molar-refractivity contribution in [1.82, 2.24) is 20.4 Å². The molecular formula is C36H48N4O8. The van der Waals surface area contributed by atoms with Crippen LogP contribution in [0.2, 0.25) is 0 Å². The molecule has 0 spiro atoms.